The van der Waals surface area contributed by atoms with Crippen molar-refractivity contribution in [2.75, 3.05) is 40.1 Å². The second-order valence-corrected chi connectivity index (χ2v) is 26.3. The number of anilines is 5. The predicted octanol–water partition coefficient (Wildman–Crippen LogP) is 14.9. The molecule has 12 aromatic rings. The Hall–Kier alpha value is -12.0. The number of thiophene rings is 2. The van der Waals surface area contributed by atoms with Crippen molar-refractivity contribution in [1.82, 2.24) is 20.2 Å². The molecule has 1 aliphatic heterocycles. The summed E-state index contributed by atoms with van der Waals surface area (Å²) in [5, 5.41) is 64.3. The Labute approximate surface area is 621 Å². The summed E-state index contributed by atoms with van der Waals surface area (Å²) in [5.74, 6) is -3.00. The van der Waals surface area contributed by atoms with Gasteiger partial charge in [-0.05, 0) is 120 Å². The molecule has 3 aromatic heterocycles. The average molecular weight is 1470 g/mol. The van der Waals surface area contributed by atoms with Gasteiger partial charge in [0.2, 0.25) is 5.82 Å². The number of nitrogens with zero attached hydrogens (tertiary/aromatic N) is 4. The van der Waals surface area contributed by atoms with E-state index in [1.54, 1.807) is 54.7 Å². The van der Waals surface area contributed by atoms with Gasteiger partial charge < -0.3 is 61.9 Å². The van der Waals surface area contributed by atoms with Crippen LogP contribution in [0.5, 0.6) is 0 Å². The number of halogens is 1. The Morgan fingerprint density at radius 3 is 1.48 bits per heavy atom. The molecule has 1 aliphatic rings. The van der Waals surface area contributed by atoms with E-state index in [2.05, 4.69) is 49.0 Å². The van der Waals surface area contributed by atoms with Crippen molar-refractivity contribution in [3.05, 3.63) is 342 Å². The molecular formula is C81H82FN11O11S2. The van der Waals surface area contributed by atoms with Gasteiger partial charge in [-0.2, -0.15) is 4.39 Å². The van der Waals surface area contributed by atoms with E-state index in [1.165, 1.54) is 28.6 Å². The Kier molecular flexibility index (Phi) is 29.6. The molecule has 1 saturated heterocycles. The van der Waals surface area contributed by atoms with Gasteiger partial charge in [-0.25, -0.2) is 4.98 Å². The van der Waals surface area contributed by atoms with Crippen LogP contribution in [-0.2, 0) is 62.9 Å². The number of nitro benzene ring substituents is 2. The number of para-hydroxylation sites is 9. The fourth-order valence-corrected chi connectivity index (χ4v) is 12.2. The zero-order chi connectivity index (χ0) is 75.1. The number of nitrogens with one attached hydrogen (secondary N) is 6. The largest absolute Gasteiger partial charge is 0.397 e. The van der Waals surface area contributed by atoms with E-state index in [4.69, 9.17) is 15.2 Å². The Morgan fingerprint density at radius 1 is 0.528 bits per heavy atom. The minimum absolute atomic E-state index is 0.100. The summed E-state index contributed by atoms with van der Waals surface area (Å²) in [6, 6.07) is 82.2. The lowest BCUT2D eigenvalue weighted by Gasteiger charge is -2.19. The number of amides is 3. The number of imidazole rings is 1. The number of nitrogen functional groups attached to an aromatic ring is 1. The number of rotatable bonds is 25. The standard InChI is InChI=1S/C26H29N3O4S.C23H23N3O3S.C13H12N2O2.C13H14N2.C6H4FNO2/c1-26(2)32-22(24(30)27-15-14-19-11-8-16-34-19)23(33-26)25(31)29-21-13-7-6-12-20(21)28-17-18-9-4-3-5-10-18;27-20(21(28)23(29)24-13-12-17-9-6-14-30-17)22-25-18-10-4-5-11-19(18)26(22)15-16-7-2-1-3-8-16;16-15(17)13-9-5-4-8-12(13)14-10-11-6-2-1-3-7-11;14-12-8-4-5-9-13(12)15-10-11-6-2-1-3-7-11;7-5-3-1-2-4-6(5)8(9)10/h3-13,16,22-23,28H,14-15,17H2,1-2H3,(H,27,30)(H,29,31);1-11,14,20-21,27-28H,12-13,15H2,(H,24,29);1-9,14H,10H2;1-9,15H,10,14H2;1-4H/t22-,23-;20-,21-;;;/m11.../s1. The summed E-state index contributed by atoms with van der Waals surface area (Å²) in [6.07, 6.45) is -3.76. The quantitative estimate of drug-likeness (QED) is 0.0146. The van der Waals surface area contributed by atoms with Crippen LogP contribution in [0.25, 0.3) is 11.0 Å². The monoisotopic (exact) mass is 1470 g/mol. The third kappa shape index (κ3) is 24.1. The number of hydrogen-bond acceptors (Lipinski definition) is 18. The number of aliphatic hydroxyl groups is 2. The van der Waals surface area contributed by atoms with Crippen LogP contribution in [0.15, 0.2) is 278 Å². The highest BCUT2D eigenvalue weighted by molar-refractivity contribution is 7.10. The predicted molar refractivity (Wildman–Crippen MR) is 416 cm³/mol. The lowest BCUT2D eigenvalue weighted by atomic mass is 10.1. The van der Waals surface area contributed by atoms with Crippen molar-refractivity contribution in [1.29, 1.82) is 0 Å². The molecular weight excluding hydrogens is 1390 g/mol. The topological polar surface area (TPSA) is 312 Å². The smallest absolute Gasteiger partial charge is 0.304 e. The van der Waals surface area contributed by atoms with Crippen molar-refractivity contribution in [3.8, 4) is 0 Å². The maximum Gasteiger partial charge on any atom is 0.304 e. The van der Waals surface area contributed by atoms with Crippen molar-refractivity contribution in [2.24, 2.45) is 0 Å². The normalized spacial score (nSPS) is 13.7. The van der Waals surface area contributed by atoms with E-state index in [0.29, 0.717) is 56.0 Å². The highest BCUT2D eigenvalue weighted by Crippen LogP contribution is 2.32. The zero-order valence-corrected chi connectivity index (χ0v) is 59.8. The Balaban J connectivity index is 0.000000163. The summed E-state index contributed by atoms with van der Waals surface area (Å²) in [7, 11) is 0. The van der Waals surface area contributed by atoms with Crippen LogP contribution in [0.2, 0.25) is 0 Å². The summed E-state index contributed by atoms with van der Waals surface area (Å²) in [6.45, 7) is 6.70. The first kappa shape index (κ1) is 78.2. The van der Waals surface area contributed by atoms with Crippen LogP contribution in [0.3, 0.4) is 0 Å². The van der Waals surface area contributed by atoms with Crippen LogP contribution in [0.1, 0.15) is 57.8 Å². The second-order valence-electron chi connectivity index (χ2n) is 24.3. The number of ether oxygens (including phenoxy) is 2. The van der Waals surface area contributed by atoms with Gasteiger partial charge in [0.15, 0.2) is 24.1 Å². The lowest BCUT2D eigenvalue weighted by Crippen LogP contribution is -2.46. The number of aromatic nitrogens is 2. The Bertz CT molecular complexity index is 4720. The molecule has 546 valence electrons. The SMILES string of the molecule is CC1(C)O[C@@H](C(=O)NCCc2cccs2)[C@H](C(=O)Nc2ccccc2NCc2ccccc2)O1.Nc1ccccc1NCc1ccccc1.O=C(NCCc1cccs1)[C@H](O)[C@@H](O)c1nc2ccccc2n1Cc1ccccc1.O=[N+]([O-])c1ccccc1F.O=[N+]([O-])c1ccccc1NCc1ccccc1. The van der Waals surface area contributed by atoms with Gasteiger partial charge in [-0.3, -0.25) is 34.6 Å². The molecule has 22 nitrogen and oxygen atoms in total. The number of fused-ring (bicyclic) bond motifs is 1. The first-order chi connectivity index (χ1) is 51.4. The number of carbonyl (C=O) groups excluding carboxylic acids is 3. The molecule has 106 heavy (non-hydrogen) atoms. The van der Waals surface area contributed by atoms with Crippen molar-refractivity contribution < 1.29 is 48.3 Å². The van der Waals surface area contributed by atoms with E-state index < -0.39 is 58.4 Å². The molecule has 0 spiro atoms. The molecule has 4 heterocycles. The second kappa shape index (κ2) is 40.2. The maximum atomic E-state index is 13.2. The van der Waals surface area contributed by atoms with Crippen LogP contribution in [0.4, 0.5) is 44.2 Å². The maximum absolute atomic E-state index is 13.2. The molecule has 9 aromatic carbocycles. The number of nitro groups is 2. The van der Waals surface area contributed by atoms with E-state index >= 15 is 0 Å². The third-order valence-corrected chi connectivity index (χ3v) is 18.0. The highest BCUT2D eigenvalue weighted by atomic mass is 32.1. The summed E-state index contributed by atoms with van der Waals surface area (Å²) < 4.78 is 25.9. The highest BCUT2D eigenvalue weighted by Gasteiger charge is 2.49. The molecule has 4 atom stereocenters. The van der Waals surface area contributed by atoms with Crippen LogP contribution < -0.4 is 37.6 Å². The third-order valence-electron chi connectivity index (χ3n) is 16.1. The minimum atomic E-state index is -1.61. The van der Waals surface area contributed by atoms with Crippen LogP contribution in [-0.4, -0.2) is 84.5 Å². The van der Waals surface area contributed by atoms with Crippen molar-refractivity contribution >= 4 is 91.2 Å². The molecule has 0 radical (unpaired) electrons. The average Bonchev–Trinajstić information content (AvgIpc) is 1.62. The molecule has 1 fully saturated rings. The van der Waals surface area contributed by atoms with Gasteiger partial charge in [0.25, 0.3) is 23.4 Å². The van der Waals surface area contributed by atoms with E-state index in [0.717, 1.165) is 69.2 Å². The van der Waals surface area contributed by atoms with E-state index in [1.807, 2.05) is 222 Å². The van der Waals surface area contributed by atoms with Crippen LogP contribution >= 0.6 is 22.7 Å². The summed E-state index contributed by atoms with van der Waals surface area (Å²) >= 11 is 3.25. The van der Waals surface area contributed by atoms with E-state index in [-0.39, 0.29) is 22.3 Å². The minimum Gasteiger partial charge on any atom is -0.397 e. The molecule has 0 unspecified atom stereocenters. The van der Waals surface area contributed by atoms with E-state index in [9.17, 15) is 49.2 Å². The molecule has 10 N–H and O–H groups in total. The first-order valence-electron chi connectivity index (χ1n) is 33.9. The van der Waals surface area contributed by atoms with Crippen molar-refractivity contribution in [3.63, 3.8) is 0 Å². The van der Waals surface area contributed by atoms with Gasteiger partial charge in [-0.1, -0.05) is 194 Å². The molecule has 3 amide bonds. The summed E-state index contributed by atoms with van der Waals surface area (Å²) in [4.78, 5) is 64.9. The van der Waals surface area contributed by atoms with Crippen LogP contribution in [0, 0.1) is 26.0 Å². The fourth-order valence-electron chi connectivity index (χ4n) is 10.8. The van der Waals surface area contributed by atoms with Gasteiger partial charge in [0.05, 0.1) is 43.6 Å². The Morgan fingerprint density at radius 2 is 0.962 bits per heavy atom. The summed E-state index contributed by atoms with van der Waals surface area (Å²) in [5.41, 5.74) is 15.2. The molecule has 0 aliphatic carbocycles. The zero-order valence-electron chi connectivity index (χ0n) is 58.2. The van der Waals surface area contributed by atoms with Gasteiger partial charge in [0, 0.05) is 61.2 Å². The number of aliphatic hydroxyl groups excluding tert-OH is 2. The number of benzene rings is 9. The molecule has 13 rings (SSSR count). The fraction of sp³-hybridized carbons (Fsp3) is 0.185. The van der Waals surface area contributed by atoms with Crippen molar-refractivity contribution in [2.45, 2.75) is 83.1 Å². The van der Waals surface area contributed by atoms with Gasteiger partial charge >= 0.3 is 5.69 Å². The first-order valence-corrected chi connectivity index (χ1v) is 35.7. The molecule has 25 heteroatoms. The number of nitrogens with two attached hydrogens (primary N) is 1. The van der Waals surface area contributed by atoms with Gasteiger partial charge in [0.1, 0.15) is 17.6 Å². The lowest BCUT2D eigenvalue weighted by molar-refractivity contribution is -0.387. The molecule has 0 saturated carbocycles. The molecule has 0 bridgehead atoms. The number of hydrogen-bond donors (Lipinski definition) is 9. The number of carbonyl (C=O) groups is 3. The van der Waals surface area contributed by atoms with Gasteiger partial charge in [-0.15, -0.1) is 22.7 Å².